The molecule has 0 aliphatic carbocycles. The van der Waals surface area contributed by atoms with Gasteiger partial charge in [-0.1, -0.05) is 0 Å². The molecule has 3 aromatic heterocycles. The van der Waals surface area contributed by atoms with Gasteiger partial charge in [0.25, 0.3) is 0 Å². The molecule has 0 atom stereocenters. The van der Waals surface area contributed by atoms with E-state index in [0.717, 1.165) is 4.88 Å². The number of halogens is 4. The fourth-order valence-corrected chi connectivity index (χ4v) is 2.95. The van der Waals surface area contributed by atoms with E-state index in [9.17, 15) is 8.78 Å². The van der Waals surface area contributed by atoms with Crippen LogP contribution in [0.5, 0.6) is 0 Å². The van der Waals surface area contributed by atoms with E-state index in [0.29, 0.717) is 6.54 Å². The lowest BCUT2D eigenvalue weighted by atomic mass is 10.4. The third kappa shape index (κ3) is 2.50. The highest BCUT2D eigenvalue weighted by Gasteiger charge is 2.16. The zero-order valence-corrected chi connectivity index (χ0v) is 12.9. The maximum atomic E-state index is 14.0. The Morgan fingerprint density at radius 3 is 2.95 bits per heavy atom. The minimum Gasteiger partial charge on any atom is -0.363 e. The Bertz CT molecular complexity index is 788. The Balaban J connectivity index is 1.97. The van der Waals surface area contributed by atoms with E-state index in [1.165, 1.54) is 33.5 Å². The normalized spacial score (nSPS) is 11.2. The van der Waals surface area contributed by atoms with Crippen LogP contribution in [-0.4, -0.2) is 14.6 Å². The van der Waals surface area contributed by atoms with E-state index in [-0.39, 0.29) is 26.9 Å². The van der Waals surface area contributed by atoms with Crippen molar-refractivity contribution in [3.8, 4) is 0 Å². The molecule has 4 nitrogen and oxygen atoms in total. The molecule has 3 heterocycles. The highest BCUT2D eigenvalue weighted by Crippen LogP contribution is 2.27. The molecule has 0 radical (unpaired) electrons. The largest absolute Gasteiger partial charge is 0.363 e. The summed E-state index contributed by atoms with van der Waals surface area (Å²) in [5, 5.41) is 8.20. The van der Waals surface area contributed by atoms with Crippen LogP contribution in [0.1, 0.15) is 4.88 Å². The first kappa shape index (κ1) is 13.7. The summed E-state index contributed by atoms with van der Waals surface area (Å²) in [6.07, 6.45) is 1.45. The van der Waals surface area contributed by atoms with Crippen LogP contribution in [0.2, 0.25) is 5.28 Å². The molecule has 3 rings (SSSR count). The van der Waals surface area contributed by atoms with E-state index in [2.05, 4.69) is 31.3 Å². The third-order valence-corrected chi connectivity index (χ3v) is 4.17. The molecule has 1 N–H and O–H groups in total. The van der Waals surface area contributed by atoms with Crippen molar-refractivity contribution in [2.45, 2.75) is 6.54 Å². The van der Waals surface area contributed by atoms with Gasteiger partial charge in [0.15, 0.2) is 11.6 Å². The van der Waals surface area contributed by atoms with Gasteiger partial charge in [-0.05, 0) is 33.6 Å². The van der Waals surface area contributed by atoms with Gasteiger partial charge in [0.2, 0.25) is 5.28 Å². The Morgan fingerprint density at radius 2 is 2.25 bits per heavy atom. The van der Waals surface area contributed by atoms with Crippen molar-refractivity contribution in [2.24, 2.45) is 0 Å². The Morgan fingerprint density at radius 1 is 1.45 bits per heavy atom. The second kappa shape index (κ2) is 5.27. The molecule has 104 valence electrons. The summed E-state index contributed by atoms with van der Waals surface area (Å²) >= 11 is 10.1. The molecule has 0 fully saturated rings. The maximum absolute atomic E-state index is 14.0. The molecule has 0 amide bonds. The van der Waals surface area contributed by atoms with Gasteiger partial charge in [0.1, 0.15) is 11.3 Å². The summed E-state index contributed by atoms with van der Waals surface area (Å²) in [7, 11) is 0. The summed E-state index contributed by atoms with van der Waals surface area (Å²) in [4.78, 5) is 4.73. The number of thiophene rings is 1. The van der Waals surface area contributed by atoms with Gasteiger partial charge in [-0.15, -0.1) is 16.4 Å². The van der Waals surface area contributed by atoms with Crippen LogP contribution in [0.15, 0.2) is 22.1 Å². The van der Waals surface area contributed by atoms with E-state index in [4.69, 9.17) is 11.6 Å². The summed E-state index contributed by atoms with van der Waals surface area (Å²) in [5.41, 5.74) is 0.179. The number of rotatable bonds is 3. The van der Waals surface area contributed by atoms with E-state index < -0.39 is 5.82 Å². The number of nitrogens with one attached hydrogen (secondary N) is 1. The van der Waals surface area contributed by atoms with E-state index in [1.54, 1.807) is 0 Å². The molecule has 0 saturated heterocycles. The quantitative estimate of drug-likeness (QED) is 0.745. The SMILES string of the molecule is Fc1csc(CNc2nc(Cl)nn3cc(Br)c(F)c23)c1. The Kier molecular flexibility index (Phi) is 3.61. The average Bonchev–Trinajstić information content (AvgIpc) is 2.92. The summed E-state index contributed by atoms with van der Waals surface area (Å²) in [6, 6.07) is 1.40. The van der Waals surface area contributed by atoms with Crippen LogP contribution in [-0.2, 0) is 6.54 Å². The zero-order chi connectivity index (χ0) is 14.3. The molecule has 0 spiro atoms. The second-order valence-electron chi connectivity index (χ2n) is 3.90. The first-order chi connectivity index (χ1) is 9.54. The molecule has 0 unspecified atom stereocenters. The first-order valence-corrected chi connectivity index (χ1v) is 7.46. The molecule has 0 aromatic carbocycles. The van der Waals surface area contributed by atoms with Crippen LogP contribution < -0.4 is 5.32 Å². The molecular weight excluding hydrogens is 374 g/mol. The van der Waals surface area contributed by atoms with Crippen molar-refractivity contribution in [1.82, 2.24) is 14.6 Å². The number of nitrogens with zero attached hydrogens (tertiary/aromatic N) is 3. The molecule has 0 saturated carbocycles. The minimum atomic E-state index is -0.485. The second-order valence-corrected chi connectivity index (χ2v) is 6.09. The smallest absolute Gasteiger partial charge is 0.243 e. The van der Waals surface area contributed by atoms with Crippen LogP contribution in [0.4, 0.5) is 14.6 Å². The topological polar surface area (TPSA) is 42.2 Å². The predicted octanol–water partition coefficient (Wildman–Crippen LogP) is 4.10. The number of hydrogen-bond donors (Lipinski definition) is 1. The number of hydrogen-bond acceptors (Lipinski definition) is 4. The molecule has 20 heavy (non-hydrogen) atoms. The van der Waals surface area contributed by atoms with Gasteiger partial charge in [-0.25, -0.2) is 13.3 Å². The lowest BCUT2D eigenvalue weighted by Gasteiger charge is -2.06. The summed E-state index contributed by atoms with van der Waals surface area (Å²) < 4.78 is 28.5. The maximum Gasteiger partial charge on any atom is 0.243 e. The van der Waals surface area contributed by atoms with Crippen LogP contribution >= 0.6 is 38.9 Å². The lowest BCUT2D eigenvalue weighted by molar-refractivity contribution is 0.631. The Labute approximate surface area is 129 Å². The molecule has 9 heteroatoms. The van der Waals surface area contributed by atoms with Gasteiger partial charge in [-0.2, -0.15) is 4.98 Å². The standard InChI is InChI=1S/C11H6BrClF2N4S/c12-7-3-19-9(8(7)15)10(17-11(13)18-19)16-2-6-1-5(14)4-20-6/h1,3-4H,2H2,(H,16,17,18). The van der Waals surface area contributed by atoms with Crippen molar-refractivity contribution in [3.63, 3.8) is 0 Å². The fourth-order valence-electron chi connectivity index (χ4n) is 1.73. The van der Waals surface area contributed by atoms with Crippen molar-refractivity contribution < 1.29 is 8.78 Å². The lowest BCUT2D eigenvalue weighted by Crippen LogP contribution is -2.05. The highest BCUT2D eigenvalue weighted by molar-refractivity contribution is 9.10. The van der Waals surface area contributed by atoms with Crippen molar-refractivity contribution in [2.75, 3.05) is 5.32 Å². The molecular formula is C11H6BrClF2N4S. The molecule has 3 aromatic rings. The minimum absolute atomic E-state index is 0.0140. The summed E-state index contributed by atoms with van der Waals surface area (Å²) in [6.45, 7) is 0.319. The van der Waals surface area contributed by atoms with Gasteiger partial charge in [0, 0.05) is 16.5 Å². The molecule has 0 bridgehead atoms. The summed E-state index contributed by atoms with van der Waals surface area (Å²) in [5.74, 6) is -0.530. The fraction of sp³-hybridized carbons (Fsp3) is 0.0909. The van der Waals surface area contributed by atoms with Crippen LogP contribution in [0.3, 0.4) is 0 Å². The predicted molar refractivity (Wildman–Crippen MR) is 77.3 cm³/mol. The number of anilines is 1. The van der Waals surface area contributed by atoms with Gasteiger partial charge >= 0.3 is 0 Å². The van der Waals surface area contributed by atoms with Crippen LogP contribution in [0, 0.1) is 11.6 Å². The van der Waals surface area contributed by atoms with Gasteiger partial charge in [0.05, 0.1) is 11.0 Å². The van der Waals surface area contributed by atoms with Gasteiger partial charge in [-0.3, -0.25) is 0 Å². The molecule has 0 aliphatic heterocycles. The van der Waals surface area contributed by atoms with Crippen LogP contribution in [0.25, 0.3) is 5.52 Å². The molecule has 0 aliphatic rings. The van der Waals surface area contributed by atoms with Crippen molar-refractivity contribution >= 4 is 50.2 Å². The highest BCUT2D eigenvalue weighted by atomic mass is 79.9. The zero-order valence-electron chi connectivity index (χ0n) is 9.70. The number of fused-ring (bicyclic) bond motifs is 1. The van der Waals surface area contributed by atoms with Crippen molar-refractivity contribution in [1.29, 1.82) is 0 Å². The first-order valence-electron chi connectivity index (χ1n) is 5.41. The van der Waals surface area contributed by atoms with Gasteiger partial charge < -0.3 is 5.32 Å². The van der Waals surface area contributed by atoms with Crippen molar-refractivity contribution in [3.05, 3.63) is 43.9 Å². The monoisotopic (exact) mass is 378 g/mol. The average molecular weight is 380 g/mol. The van der Waals surface area contributed by atoms with E-state index in [1.807, 2.05) is 0 Å². The van der Waals surface area contributed by atoms with E-state index >= 15 is 0 Å². The Hall–Kier alpha value is -1.25. The third-order valence-electron chi connectivity index (χ3n) is 2.55. The number of aromatic nitrogens is 3.